The van der Waals surface area contributed by atoms with Gasteiger partial charge in [-0.3, -0.25) is 4.79 Å². The Morgan fingerprint density at radius 2 is 2.31 bits per heavy atom. The second kappa shape index (κ2) is 6.93. The van der Waals surface area contributed by atoms with Crippen LogP contribution < -0.4 is 5.73 Å². The number of carbonyl (C=O) groups excluding carboxylic acids is 1. The average molecular weight is 304 g/mol. The lowest BCUT2D eigenvalue weighted by atomic mass is 10.2. The van der Waals surface area contributed by atoms with Crippen LogP contribution in [0.2, 0.25) is 0 Å². The maximum Gasteiger partial charge on any atom is 0.306 e. The summed E-state index contributed by atoms with van der Waals surface area (Å²) in [5.74, 6) is 0.548. The summed E-state index contributed by atoms with van der Waals surface area (Å²) >= 11 is 5.08. The molecule has 0 unspecified atom stereocenters. The van der Waals surface area contributed by atoms with E-state index in [-0.39, 0.29) is 5.97 Å². The molecule has 0 bridgehead atoms. The van der Waals surface area contributed by atoms with Crippen LogP contribution in [0, 0.1) is 0 Å². The van der Waals surface area contributed by atoms with Crippen molar-refractivity contribution in [3.63, 3.8) is 0 Å². The molecule has 0 atom stereocenters. The molecule has 0 aliphatic carbocycles. The normalized spacial score (nSPS) is 10.2. The molecule has 1 aromatic carbocycles. The summed E-state index contributed by atoms with van der Waals surface area (Å²) in [6.45, 7) is 0.522. The van der Waals surface area contributed by atoms with Crippen molar-refractivity contribution < 1.29 is 9.53 Å². The smallest absolute Gasteiger partial charge is 0.306 e. The summed E-state index contributed by atoms with van der Waals surface area (Å²) in [6, 6.07) is 6.02. The first-order valence-corrected chi connectivity index (χ1v) is 6.63. The van der Waals surface area contributed by atoms with Crippen molar-refractivity contribution in [1.29, 1.82) is 0 Å². The number of halogens is 1. The molecule has 0 aromatic heterocycles. The number of rotatable bonds is 5. The third-order valence-corrected chi connectivity index (χ3v) is 3.78. The third-order valence-electron chi connectivity index (χ3n) is 2.05. The molecular weight excluding hydrogens is 290 g/mol. The minimum Gasteiger partial charge on any atom is -0.469 e. The van der Waals surface area contributed by atoms with Gasteiger partial charge >= 0.3 is 5.97 Å². The highest BCUT2D eigenvalue weighted by molar-refractivity contribution is 9.10. The van der Waals surface area contributed by atoms with E-state index in [1.54, 1.807) is 11.8 Å². The molecule has 0 aliphatic rings. The van der Waals surface area contributed by atoms with E-state index in [1.165, 1.54) is 7.11 Å². The van der Waals surface area contributed by atoms with E-state index in [4.69, 9.17) is 5.73 Å². The summed E-state index contributed by atoms with van der Waals surface area (Å²) < 4.78 is 5.58. The Balaban J connectivity index is 2.49. The first-order chi connectivity index (χ1) is 7.67. The standard InChI is InChI=1S/C11H14BrNO2S/c1-15-11(14)4-5-16-9-3-2-8(7-13)10(12)6-9/h2-3,6H,4-5,7,13H2,1H3. The SMILES string of the molecule is COC(=O)CCSc1ccc(CN)c(Br)c1. The molecule has 0 saturated heterocycles. The molecule has 1 rings (SSSR count). The van der Waals surface area contributed by atoms with Gasteiger partial charge in [0.05, 0.1) is 13.5 Å². The summed E-state index contributed by atoms with van der Waals surface area (Å²) in [4.78, 5) is 12.0. The number of carbonyl (C=O) groups is 1. The summed E-state index contributed by atoms with van der Waals surface area (Å²) in [5.41, 5.74) is 6.64. The van der Waals surface area contributed by atoms with Crippen molar-refractivity contribution in [2.45, 2.75) is 17.9 Å². The van der Waals surface area contributed by atoms with E-state index >= 15 is 0 Å². The van der Waals surface area contributed by atoms with Gasteiger partial charge in [0.2, 0.25) is 0 Å². The molecule has 0 radical (unpaired) electrons. The Hall–Kier alpha value is -0.520. The van der Waals surface area contributed by atoms with E-state index in [1.807, 2.05) is 18.2 Å². The number of thioether (sulfide) groups is 1. The fraction of sp³-hybridized carbons (Fsp3) is 0.364. The zero-order valence-electron chi connectivity index (χ0n) is 9.03. The van der Waals surface area contributed by atoms with Gasteiger partial charge in [-0.1, -0.05) is 22.0 Å². The van der Waals surface area contributed by atoms with Gasteiger partial charge in [0, 0.05) is 21.7 Å². The van der Waals surface area contributed by atoms with E-state index < -0.39 is 0 Å². The topological polar surface area (TPSA) is 52.3 Å². The Kier molecular flexibility index (Phi) is 5.87. The minimum absolute atomic E-state index is 0.176. The van der Waals surface area contributed by atoms with Crippen LogP contribution in [0.15, 0.2) is 27.6 Å². The van der Waals surface area contributed by atoms with Crippen LogP contribution >= 0.6 is 27.7 Å². The Bertz CT molecular complexity index is 371. The number of hydrogen-bond acceptors (Lipinski definition) is 4. The highest BCUT2D eigenvalue weighted by atomic mass is 79.9. The van der Waals surface area contributed by atoms with Gasteiger partial charge < -0.3 is 10.5 Å². The monoisotopic (exact) mass is 303 g/mol. The van der Waals surface area contributed by atoms with Crippen LogP contribution in [0.1, 0.15) is 12.0 Å². The molecule has 0 saturated carbocycles. The highest BCUT2D eigenvalue weighted by Crippen LogP contribution is 2.25. The Morgan fingerprint density at radius 1 is 1.56 bits per heavy atom. The van der Waals surface area contributed by atoms with Crippen LogP contribution in [0.25, 0.3) is 0 Å². The lowest BCUT2D eigenvalue weighted by Gasteiger charge is -2.05. The number of benzene rings is 1. The van der Waals surface area contributed by atoms with Crippen molar-refractivity contribution >= 4 is 33.7 Å². The van der Waals surface area contributed by atoms with Crippen molar-refractivity contribution in [2.24, 2.45) is 5.73 Å². The number of methoxy groups -OCH3 is 1. The first kappa shape index (κ1) is 13.5. The fourth-order valence-corrected chi connectivity index (χ4v) is 2.70. The van der Waals surface area contributed by atoms with Crippen LogP contribution in [0.5, 0.6) is 0 Å². The predicted octanol–water partition coefficient (Wildman–Crippen LogP) is 2.56. The lowest BCUT2D eigenvalue weighted by Crippen LogP contribution is -2.01. The van der Waals surface area contributed by atoms with Crippen molar-refractivity contribution in [3.05, 3.63) is 28.2 Å². The van der Waals surface area contributed by atoms with Crippen molar-refractivity contribution in [3.8, 4) is 0 Å². The molecule has 5 heteroatoms. The first-order valence-electron chi connectivity index (χ1n) is 4.85. The molecule has 0 amide bonds. The highest BCUT2D eigenvalue weighted by Gasteiger charge is 2.03. The number of ether oxygens (including phenoxy) is 1. The van der Waals surface area contributed by atoms with Crippen LogP contribution in [0.3, 0.4) is 0 Å². The van der Waals surface area contributed by atoms with Crippen molar-refractivity contribution in [2.75, 3.05) is 12.9 Å². The molecule has 0 spiro atoms. The van der Waals surface area contributed by atoms with Crippen LogP contribution in [0.4, 0.5) is 0 Å². The summed E-state index contributed by atoms with van der Waals surface area (Å²) in [5, 5.41) is 0. The molecule has 2 N–H and O–H groups in total. The third kappa shape index (κ3) is 4.15. The van der Waals surface area contributed by atoms with E-state index in [0.717, 1.165) is 20.7 Å². The van der Waals surface area contributed by atoms with Crippen LogP contribution in [-0.2, 0) is 16.1 Å². The zero-order valence-corrected chi connectivity index (χ0v) is 11.4. The number of esters is 1. The number of nitrogens with two attached hydrogens (primary N) is 1. The van der Waals surface area contributed by atoms with E-state index in [0.29, 0.717) is 13.0 Å². The van der Waals surface area contributed by atoms with E-state index in [2.05, 4.69) is 20.7 Å². The summed E-state index contributed by atoms with van der Waals surface area (Å²) in [6.07, 6.45) is 0.428. The maximum absolute atomic E-state index is 10.9. The lowest BCUT2D eigenvalue weighted by molar-refractivity contribution is -0.140. The fourth-order valence-electron chi connectivity index (χ4n) is 1.14. The van der Waals surface area contributed by atoms with Gasteiger partial charge in [-0.05, 0) is 17.7 Å². The molecule has 88 valence electrons. The molecule has 0 heterocycles. The molecule has 16 heavy (non-hydrogen) atoms. The molecular formula is C11H14BrNO2S. The van der Waals surface area contributed by atoms with Crippen LogP contribution in [-0.4, -0.2) is 18.8 Å². The largest absolute Gasteiger partial charge is 0.469 e. The van der Waals surface area contributed by atoms with Gasteiger partial charge in [-0.2, -0.15) is 0 Å². The van der Waals surface area contributed by atoms with Gasteiger partial charge in [-0.15, -0.1) is 11.8 Å². The Labute approximate surface area is 108 Å². The molecule has 3 nitrogen and oxygen atoms in total. The second-order valence-electron chi connectivity index (χ2n) is 3.13. The zero-order chi connectivity index (χ0) is 12.0. The van der Waals surface area contributed by atoms with Crippen molar-refractivity contribution in [1.82, 2.24) is 0 Å². The predicted molar refractivity (Wildman–Crippen MR) is 69.4 cm³/mol. The Morgan fingerprint density at radius 3 is 2.88 bits per heavy atom. The minimum atomic E-state index is -0.176. The van der Waals surface area contributed by atoms with Gasteiger partial charge in [0.15, 0.2) is 0 Å². The molecule has 1 aromatic rings. The maximum atomic E-state index is 10.9. The second-order valence-corrected chi connectivity index (χ2v) is 5.15. The quantitative estimate of drug-likeness (QED) is 0.671. The number of hydrogen-bond donors (Lipinski definition) is 1. The average Bonchev–Trinajstić information content (AvgIpc) is 2.29. The summed E-state index contributed by atoms with van der Waals surface area (Å²) in [7, 11) is 1.40. The van der Waals surface area contributed by atoms with E-state index in [9.17, 15) is 4.79 Å². The van der Waals surface area contributed by atoms with Gasteiger partial charge in [-0.25, -0.2) is 0 Å². The molecule has 0 aliphatic heterocycles. The molecule has 0 fully saturated rings. The van der Waals surface area contributed by atoms with Gasteiger partial charge in [0.1, 0.15) is 0 Å². The van der Waals surface area contributed by atoms with Gasteiger partial charge in [0.25, 0.3) is 0 Å².